The average molecular weight is 326 g/mol. The monoisotopic (exact) mass is 326 g/mol. The minimum Gasteiger partial charge on any atom is -0.323 e. The van der Waals surface area contributed by atoms with Gasteiger partial charge in [0, 0.05) is 12.7 Å². The number of hydrogen-bond acceptors (Lipinski definition) is 2. The molecule has 3 rings (SSSR count). The highest BCUT2D eigenvalue weighted by Crippen LogP contribution is 2.41. The Morgan fingerprint density at radius 1 is 1.21 bits per heavy atom. The van der Waals surface area contributed by atoms with Crippen molar-refractivity contribution >= 4 is 23.2 Å². The molecule has 1 aliphatic heterocycles. The first-order chi connectivity index (χ1) is 11.3. The first-order valence-corrected chi connectivity index (χ1v) is 7.76. The summed E-state index contributed by atoms with van der Waals surface area (Å²) in [5.74, 6) is -0.728. The van der Waals surface area contributed by atoms with E-state index in [0.717, 1.165) is 16.8 Å². The van der Waals surface area contributed by atoms with Crippen molar-refractivity contribution in [2.24, 2.45) is 0 Å². The van der Waals surface area contributed by atoms with E-state index in [-0.39, 0.29) is 23.9 Å². The maximum absolute atomic E-state index is 13.6. The summed E-state index contributed by atoms with van der Waals surface area (Å²) in [6.07, 6.45) is 0.121. The molecule has 0 saturated heterocycles. The van der Waals surface area contributed by atoms with E-state index in [0.29, 0.717) is 0 Å². The molecule has 0 atom stereocenters. The molecule has 0 fully saturated rings. The van der Waals surface area contributed by atoms with E-state index < -0.39 is 11.2 Å². The fraction of sp³-hybridized carbons (Fsp3) is 0.263. The van der Waals surface area contributed by atoms with Gasteiger partial charge in [-0.3, -0.25) is 9.59 Å². The second kappa shape index (κ2) is 5.74. The Morgan fingerprint density at radius 3 is 2.62 bits per heavy atom. The molecule has 0 spiro atoms. The van der Waals surface area contributed by atoms with Crippen LogP contribution in [0.5, 0.6) is 0 Å². The molecule has 1 N–H and O–H groups in total. The van der Waals surface area contributed by atoms with E-state index in [2.05, 4.69) is 5.32 Å². The molecule has 2 aromatic rings. The lowest BCUT2D eigenvalue weighted by Crippen LogP contribution is -2.33. The van der Waals surface area contributed by atoms with E-state index in [1.165, 1.54) is 12.1 Å². The SMILES string of the molecule is CN1C(=O)C(C)(C)c2cc(CC(=O)Nc3ccccc3F)ccc21. The number of amides is 2. The number of nitrogens with one attached hydrogen (secondary N) is 1. The molecule has 0 unspecified atom stereocenters. The molecular weight excluding hydrogens is 307 g/mol. The van der Waals surface area contributed by atoms with Crippen LogP contribution in [-0.4, -0.2) is 18.9 Å². The Balaban J connectivity index is 1.80. The highest BCUT2D eigenvalue weighted by atomic mass is 19.1. The minimum absolute atomic E-state index is 0.0328. The smallest absolute Gasteiger partial charge is 0.236 e. The van der Waals surface area contributed by atoms with E-state index in [4.69, 9.17) is 0 Å². The van der Waals surface area contributed by atoms with Crippen molar-refractivity contribution in [3.63, 3.8) is 0 Å². The Hall–Kier alpha value is -2.69. The maximum atomic E-state index is 13.6. The summed E-state index contributed by atoms with van der Waals surface area (Å²) < 4.78 is 13.6. The van der Waals surface area contributed by atoms with Crippen molar-refractivity contribution in [2.45, 2.75) is 25.7 Å². The summed E-state index contributed by atoms with van der Waals surface area (Å²) in [6, 6.07) is 11.6. The number of anilines is 2. The van der Waals surface area contributed by atoms with Crippen molar-refractivity contribution in [2.75, 3.05) is 17.3 Å². The molecule has 5 heteroatoms. The van der Waals surface area contributed by atoms with Gasteiger partial charge in [-0.15, -0.1) is 0 Å². The van der Waals surface area contributed by atoms with Crippen LogP contribution in [0.3, 0.4) is 0 Å². The van der Waals surface area contributed by atoms with Crippen LogP contribution in [0.2, 0.25) is 0 Å². The van der Waals surface area contributed by atoms with Crippen LogP contribution >= 0.6 is 0 Å². The normalized spacial score (nSPS) is 15.3. The maximum Gasteiger partial charge on any atom is 0.236 e. The molecule has 2 aromatic carbocycles. The Labute approximate surface area is 140 Å². The zero-order valence-corrected chi connectivity index (χ0v) is 13.9. The number of halogens is 1. The van der Waals surface area contributed by atoms with Crippen LogP contribution in [0, 0.1) is 5.82 Å². The number of hydrogen-bond donors (Lipinski definition) is 1. The van der Waals surface area contributed by atoms with Crippen LogP contribution in [0.4, 0.5) is 15.8 Å². The van der Waals surface area contributed by atoms with Crippen molar-refractivity contribution < 1.29 is 14.0 Å². The van der Waals surface area contributed by atoms with E-state index in [1.807, 2.05) is 32.0 Å². The van der Waals surface area contributed by atoms with Gasteiger partial charge in [0.25, 0.3) is 0 Å². The first kappa shape index (κ1) is 16.2. The quantitative estimate of drug-likeness (QED) is 0.941. The number of benzene rings is 2. The Bertz CT molecular complexity index is 830. The van der Waals surface area contributed by atoms with Gasteiger partial charge in [-0.25, -0.2) is 4.39 Å². The zero-order chi connectivity index (χ0) is 17.5. The summed E-state index contributed by atoms with van der Waals surface area (Å²) in [6.45, 7) is 3.75. The predicted octanol–water partition coefficient (Wildman–Crippen LogP) is 3.26. The number of likely N-dealkylation sites (N-methyl/N-ethyl adjacent to an activating group) is 1. The molecule has 124 valence electrons. The van der Waals surface area contributed by atoms with Gasteiger partial charge in [-0.1, -0.05) is 24.3 Å². The molecule has 0 aromatic heterocycles. The molecule has 0 saturated carbocycles. The van der Waals surface area contributed by atoms with Crippen molar-refractivity contribution in [1.29, 1.82) is 0 Å². The van der Waals surface area contributed by atoms with Crippen LogP contribution in [-0.2, 0) is 21.4 Å². The topological polar surface area (TPSA) is 49.4 Å². The molecule has 0 bridgehead atoms. The third kappa shape index (κ3) is 2.66. The van der Waals surface area contributed by atoms with Crippen molar-refractivity contribution in [3.05, 3.63) is 59.4 Å². The van der Waals surface area contributed by atoms with E-state index >= 15 is 0 Å². The number of rotatable bonds is 3. The standard InChI is InChI=1S/C19H19FN2O2/c1-19(2)13-10-12(8-9-16(13)22(3)18(19)24)11-17(23)21-15-7-5-4-6-14(15)20/h4-10H,11H2,1-3H3,(H,21,23). The van der Waals surface area contributed by atoms with Crippen LogP contribution in [0.25, 0.3) is 0 Å². The van der Waals surface area contributed by atoms with Crippen LogP contribution in [0.15, 0.2) is 42.5 Å². The number of fused-ring (bicyclic) bond motifs is 1. The Morgan fingerprint density at radius 2 is 1.92 bits per heavy atom. The lowest BCUT2D eigenvalue weighted by Gasteiger charge is -2.16. The molecule has 1 aliphatic rings. The number of carbonyl (C=O) groups excluding carboxylic acids is 2. The highest BCUT2D eigenvalue weighted by Gasteiger charge is 2.42. The zero-order valence-electron chi connectivity index (χ0n) is 13.9. The fourth-order valence-corrected chi connectivity index (χ4v) is 3.07. The number of nitrogens with zero attached hydrogens (tertiary/aromatic N) is 1. The lowest BCUT2D eigenvalue weighted by molar-refractivity contribution is -0.121. The second-order valence-electron chi connectivity index (χ2n) is 6.55. The van der Waals surface area contributed by atoms with Gasteiger partial charge in [0.1, 0.15) is 5.82 Å². The Kier molecular flexibility index (Phi) is 3.87. The fourth-order valence-electron chi connectivity index (χ4n) is 3.07. The molecule has 1 heterocycles. The van der Waals surface area contributed by atoms with Gasteiger partial charge in [0.05, 0.1) is 17.5 Å². The van der Waals surface area contributed by atoms with E-state index in [1.54, 1.807) is 24.1 Å². The summed E-state index contributed by atoms with van der Waals surface area (Å²) in [5, 5.41) is 2.57. The summed E-state index contributed by atoms with van der Waals surface area (Å²) in [5.41, 5.74) is 2.12. The third-order valence-electron chi connectivity index (χ3n) is 4.45. The lowest BCUT2D eigenvalue weighted by atomic mass is 9.85. The second-order valence-corrected chi connectivity index (χ2v) is 6.55. The molecule has 0 aliphatic carbocycles. The molecule has 24 heavy (non-hydrogen) atoms. The molecule has 4 nitrogen and oxygen atoms in total. The van der Waals surface area contributed by atoms with Crippen LogP contribution in [0.1, 0.15) is 25.0 Å². The van der Waals surface area contributed by atoms with Gasteiger partial charge in [0.15, 0.2) is 0 Å². The third-order valence-corrected chi connectivity index (χ3v) is 4.45. The van der Waals surface area contributed by atoms with Gasteiger partial charge in [0.2, 0.25) is 11.8 Å². The van der Waals surface area contributed by atoms with Gasteiger partial charge in [-0.2, -0.15) is 0 Å². The summed E-state index contributed by atoms with van der Waals surface area (Å²) in [4.78, 5) is 26.1. The van der Waals surface area contributed by atoms with Crippen molar-refractivity contribution in [1.82, 2.24) is 0 Å². The number of carbonyl (C=O) groups is 2. The first-order valence-electron chi connectivity index (χ1n) is 7.76. The molecule has 2 amide bonds. The van der Waals surface area contributed by atoms with Gasteiger partial charge in [-0.05, 0) is 43.2 Å². The minimum atomic E-state index is -0.609. The largest absolute Gasteiger partial charge is 0.323 e. The molecular formula is C19H19FN2O2. The summed E-state index contributed by atoms with van der Waals surface area (Å²) >= 11 is 0. The predicted molar refractivity (Wildman–Crippen MR) is 91.6 cm³/mol. The number of para-hydroxylation sites is 1. The summed E-state index contributed by atoms with van der Waals surface area (Å²) in [7, 11) is 1.75. The molecule has 0 radical (unpaired) electrons. The van der Waals surface area contributed by atoms with Crippen molar-refractivity contribution in [3.8, 4) is 0 Å². The average Bonchev–Trinajstić information content (AvgIpc) is 2.71. The van der Waals surface area contributed by atoms with Crippen LogP contribution < -0.4 is 10.2 Å². The van der Waals surface area contributed by atoms with E-state index in [9.17, 15) is 14.0 Å². The van der Waals surface area contributed by atoms with Gasteiger partial charge < -0.3 is 10.2 Å². The van der Waals surface area contributed by atoms with Gasteiger partial charge >= 0.3 is 0 Å². The highest BCUT2D eigenvalue weighted by molar-refractivity contribution is 6.07.